The van der Waals surface area contributed by atoms with Gasteiger partial charge in [-0.1, -0.05) is 0 Å². The number of rotatable bonds is 3. The molecule has 0 spiro atoms. The standard InChI is InChI=1S/C14H12F2N2O/c1-9(19)17-11-3-5-12(6-4-11)18-14-7-2-10(15)8-13(14)16/h2-8,18H,1H3,(H,17,19). The van der Waals surface area contributed by atoms with Crippen LogP contribution in [0.3, 0.4) is 0 Å². The van der Waals surface area contributed by atoms with Crippen LogP contribution in [-0.2, 0) is 4.79 Å². The van der Waals surface area contributed by atoms with E-state index in [1.165, 1.54) is 19.1 Å². The summed E-state index contributed by atoms with van der Waals surface area (Å²) in [5, 5.41) is 5.45. The molecule has 3 nitrogen and oxygen atoms in total. The zero-order valence-corrected chi connectivity index (χ0v) is 10.2. The molecule has 0 aliphatic carbocycles. The predicted molar refractivity (Wildman–Crippen MR) is 70.4 cm³/mol. The molecule has 5 heteroatoms. The Balaban J connectivity index is 2.13. The van der Waals surface area contributed by atoms with E-state index in [0.717, 1.165) is 6.07 Å². The lowest BCUT2D eigenvalue weighted by Gasteiger charge is -2.08. The van der Waals surface area contributed by atoms with Crippen LogP contribution in [-0.4, -0.2) is 5.91 Å². The zero-order chi connectivity index (χ0) is 13.8. The largest absolute Gasteiger partial charge is 0.353 e. The molecule has 0 radical (unpaired) electrons. The van der Waals surface area contributed by atoms with Crippen molar-refractivity contribution in [2.24, 2.45) is 0 Å². The lowest BCUT2D eigenvalue weighted by atomic mass is 10.2. The van der Waals surface area contributed by atoms with Crippen LogP contribution >= 0.6 is 0 Å². The molecule has 0 fully saturated rings. The zero-order valence-electron chi connectivity index (χ0n) is 10.2. The average molecular weight is 262 g/mol. The van der Waals surface area contributed by atoms with Gasteiger partial charge in [-0.3, -0.25) is 4.79 Å². The molecule has 0 heterocycles. The second-order valence-corrected chi connectivity index (χ2v) is 4.01. The first-order chi connectivity index (χ1) is 9.04. The Labute approximate surface area is 109 Å². The number of halogens is 2. The van der Waals surface area contributed by atoms with E-state index >= 15 is 0 Å². The van der Waals surface area contributed by atoms with Gasteiger partial charge in [-0.2, -0.15) is 0 Å². The fraction of sp³-hybridized carbons (Fsp3) is 0.0714. The molecule has 1 amide bonds. The highest BCUT2D eigenvalue weighted by Crippen LogP contribution is 2.22. The van der Waals surface area contributed by atoms with Gasteiger partial charge in [0.2, 0.25) is 5.91 Å². The number of amides is 1. The summed E-state index contributed by atoms with van der Waals surface area (Å²) < 4.78 is 26.2. The fourth-order valence-corrected chi connectivity index (χ4v) is 1.59. The monoisotopic (exact) mass is 262 g/mol. The Bertz CT molecular complexity index is 597. The number of anilines is 3. The van der Waals surface area contributed by atoms with Gasteiger partial charge in [0.05, 0.1) is 5.69 Å². The van der Waals surface area contributed by atoms with Gasteiger partial charge in [0, 0.05) is 24.4 Å². The van der Waals surface area contributed by atoms with Gasteiger partial charge in [-0.25, -0.2) is 8.78 Å². The summed E-state index contributed by atoms with van der Waals surface area (Å²) in [5.74, 6) is -1.44. The Morgan fingerprint density at radius 1 is 1.00 bits per heavy atom. The van der Waals surface area contributed by atoms with Crippen molar-refractivity contribution in [1.82, 2.24) is 0 Å². The first kappa shape index (κ1) is 13.0. The topological polar surface area (TPSA) is 41.1 Å². The van der Waals surface area contributed by atoms with Crippen molar-refractivity contribution >= 4 is 23.0 Å². The number of carbonyl (C=O) groups excluding carboxylic acids is 1. The van der Waals surface area contributed by atoms with Gasteiger partial charge in [0.15, 0.2) is 0 Å². The molecule has 2 aromatic rings. The van der Waals surface area contributed by atoms with Gasteiger partial charge in [0.1, 0.15) is 11.6 Å². The lowest BCUT2D eigenvalue weighted by molar-refractivity contribution is -0.114. The van der Waals surface area contributed by atoms with E-state index in [9.17, 15) is 13.6 Å². The van der Waals surface area contributed by atoms with Crippen LogP contribution in [0.1, 0.15) is 6.92 Å². The maximum Gasteiger partial charge on any atom is 0.221 e. The smallest absolute Gasteiger partial charge is 0.221 e. The van der Waals surface area contributed by atoms with Crippen LogP contribution in [0.5, 0.6) is 0 Å². The van der Waals surface area contributed by atoms with E-state index in [2.05, 4.69) is 10.6 Å². The van der Waals surface area contributed by atoms with E-state index in [1.54, 1.807) is 24.3 Å². The van der Waals surface area contributed by atoms with Crippen molar-refractivity contribution in [2.45, 2.75) is 6.92 Å². The molecule has 0 unspecified atom stereocenters. The molecule has 0 aromatic heterocycles. The van der Waals surface area contributed by atoms with Crippen molar-refractivity contribution in [3.8, 4) is 0 Å². The van der Waals surface area contributed by atoms with Crippen molar-refractivity contribution < 1.29 is 13.6 Å². The molecule has 0 aliphatic heterocycles. The molecule has 2 aromatic carbocycles. The van der Waals surface area contributed by atoms with Crippen LogP contribution in [0, 0.1) is 11.6 Å². The van der Waals surface area contributed by atoms with Crippen LogP contribution < -0.4 is 10.6 Å². The Hall–Kier alpha value is -2.43. The second-order valence-electron chi connectivity index (χ2n) is 4.01. The molecule has 2 N–H and O–H groups in total. The molecular formula is C14H12F2N2O. The quantitative estimate of drug-likeness (QED) is 0.886. The summed E-state index contributed by atoms with van der Waals surface area (Å²) in [6, 6.07) is 10.1. The van der Waals surface area contributed by atoms with Crippen molar-refractivity contribution in [3.63, 3.8) is 0 Å². The van der Waals surface area contributed by atoms with Crippen LogP contribution in [0.4, 0.5) is 25.8 Å². The number of nitrogens with one attached hydrogen (secondary N) is 2. The van der Waals surface area contributed by atoms with E-state index in [-0.39, 0.29) is 11.6 Å². The van der Waals surface area contributed by atoms with E-state index < -0.39 is 11.6 Å². The van der Waals surface area contributed by atoms with Gasteiger partial charge >= 0.3 is 0 Å². The third kappa shape index (κ3) is 3.51. The summed E-state index contributed by atoms with van der Waals surface area (Å²) in [5.41, 5.74) is 1.48. The van der Waals surface area contributed by atoms with E-state index in [1.807, 2.05) is 0 Å². The van der Waals surface area contributed by atoms with E-state index in [0.29, 0.717) is 11.4 Å². The first-order valence-corrected chi connectivity index (χ1v) is 5.64. The lowest BCUT2D eigenvalue weighted by Crippen LogP contribution is -2.05. The molecule has 0 bridgehead atoms. The minimum atomic E-state index is -0.661. The number of carbonyl (C=O) groups is 1. The molecule has 98 valence electrons. The normalized spacial score (nSPS) is 10.1. The highest BCUT2D eigenvalue weighted by molar-refractivity contribution is 5.88. The number of hydrogen-bond acceptors (Lipinski definition) is 2. The number of benzene rings is 2. The molecule has 0 saturated carbocycles. The molecule has 0 saturated heterocycles. The van der Waals surface area contributed by atoms with E-state index in [4.69, 9.17) is 0 Å². The predicted octanol–water partition coefficient (Wildman–Crippen LogP) is 3.67. The Kier molecular flexibility index (Phi) is 3.75. The van der Waals surface area contributed by atoms with Crippen LogP contribution in [0.2, 0.25) is 0 Å². The third-order valence-corrected chi connectivity index (χ3v) is 2.42. The Morgan fingerprint density at radius 3 is 2.21 bits per heavy atom. The average Bonchev–Trinajstić information content (AvgIpc) is 2.34. The minimum Gasteiger partial charge on any atom is -0.353 e. The molecule has 19 heavy (non-hydrogen) atoms. The maximum atomic E-state index is 13.4. The summed E-state index contributed by atoms with van der Waals surface area (Å²) in [7, 11) is 0. The van der Waals surface area contributed by atoms with Gasteiger partial charge in [0.25, 0.3) is 0 Å². The summed E-state index contributed by atoms with van der Waals surface area (Å²) in [4.78, 5) is 10.9. The fourth-order valence-electron chi connectivity index (χ4n) is 1.59. The third-order valence-electron chi connectivity index (χ3n) is 2.42. The first-order valence-electron chi connectivity index (χ1n) is 5.64. The van der Waals surface area contributed by atoms with Crippen molar-refractivity contribution in [2.75, 3.05) is 10.6 Å². The second kappa shape index (κ2) is 5.48. The highest BCUT2D eigenvalue weighted by atomic mass is 19.1. The molecule has 2 rings (SSSR count). The number of hydrogen-bond donors (Lipinski definition) is 2. The molecule has 0 atom stereocenters. The SMILES string of the molecule is CC(=O)Nc1ccc(Nc2ccc(F)cc2F)cc1. The summed E-state index contributed by atoms with van der Waals surface area (Å²) >= 11 is 0. The van der Waals surface area contributed by atoms with Crippen molar-refractivity contribution in [3.05, 3.63) is 54.1 Å². The van der Waals surface area contributed by atoms with Gasteiger partial charge in [-0.15, -0.1) is 0 Å². The molecule has 0 aliphatic rings. The summed E-state index contributed by atoms with van der Waals surface area (Å²) in [6.07, 6.45) is 0. The summed E-state index contributed by atoms with van der Waals surface area (Å²) in [6.45, 7) is 1.42. The highest BCUT2D eigenvalue weighted by Gasteiger charge is 2.04. The van der Waals surface area contributed by atoms with Crippen LogP contribution in [0.15, 0.2) is 42.5 Å². The Morgan fingerprint density at radius 2 is 1.63 bits per heavy atom. The van der Waals surface area contributed by atoms with Crippen LogP contribution in [0.25, 0.3) is 0 Å². The van der Waals surface area contributed by atoms with Crippen molar-refractivity contribution in [1.29, 1.82) is 0 Å². The van der Waals surface area contributed by atoms with Gasteiger partial charge < -0.3 is 10.6 Å². The molecular weight excluding hydrogens is 250 g/mol. The van der Waals surface area contributed by atoms with Gasteiger partial charge in [-0.05, 0) is 36.4 Å². The minimum absolute atomic E-state index is 0.162. The maximum absolute atomic E-state index is 13.4.